The van der Waals surface area contributed by atoms with Gasteiger partial charge in [-0.3, -0.25) is 19.0 Å². The molecule has 0 aliphatic heterocycles. The van der Waals surface area contributed by atoms with E-state index in [9.17, 15) is 23.6 Å². The SMILES string of the molecule is C[C@@H](OC(=O)Cn1c(=O)ccn(Cc2ccccc2)c1=O)C(=O)c1ccc(F)cc1. The Kier molecular flexibility index (Phi) is 6.36. The van der Waals surface area contributed by atoms with Crippen LogP contribution in [-0.2, 0) is 22.6 Å². The van der Waals surface area contributed by atoms with E-state index in [0.717, 1.165) is 22.3 Å². The number of rotatable bonds is 7. The average molecular weight is 410 g/mol. The van der Waals surface area contributed by atoms with Gasteiger partial charge in [0.2, 0.25) is 5.78 Å². The molecule has 0 bridgehead atoms. The molecular formula is C22H19FN2O5. The van der Waals surface area contributed by atoms with Crippen molar-refractivity contribution in [3.8, 4) is 0 Å². The smallest absolute Gasteiger partial charge is 0.331 e. The Morgan fingerprint density at radius 3 is 2.33 bits per heavy atom. The van der Waals surface area contributed by atoms with Gasteiger partial charge in [-0.2, -0.15) is 0 Å². The number of nitrogens with zero attached hydrogens (tertiary/aromatic N) is 2. The number of Topliss-reactive ketones (excluding diaryl/α,β-unsaturated/α-hetero) is 1. The highest BCUT2D eigenvalue weighted by atomic mass is 19.1. The summed E-state index contributed by atoms with van der Waals surface area (Å²) in [5, 5.41) is 0. The first-order chi connectivity index (χ1) is 14.3. The average Bonchev–Trinajstić information content (AvgIpc) is 2.74. The maximum Gasteiger partial charge on any atom is 0.331 e. The first-order valence-electron chi connectivity index (χ1n) is 9.18. The minimum absolute atomic E-state index is 0.179. The summed E-state index contributed by atoms with van der Waals surface area (Å²) in [4.78, 5) is 49.3. The van der Waals surface area contributed by atoms with Gasteiger partial charge in [0.15, 0.2) is 6.10 Å². The monoisotopic (exact) mass is 410 g/mol. The highest BCUT2D eigenvalue weighted by Crippen LogP contribution is 2.08. The number of carbonyl (C=O) groups excluding carboxylic acids is 2. The largest absolute Gasteiger partial charge is 0.453 e. The van der Waals surface area contributed by atoms with Crippen molar-refractivity contribution in [1.29, 1.82) is 0 Å². The number of halogens is 1. The van der Waals surface area contributed by atoms with Crippen LogP contribution < -0.4 is 11.2 Å². The second kappa shape index (κ2) is 9.13. The lowest BCUT2D eigenvalue weighted by Gasteiger charge is -2.14. The molecular weight excluding hydrogens is 391 g/mol. The van der Waals surface area contributed by atoms with E-state index in [-0.39, 0.29) is 12.1 Å². The normalized spacial score (nSPS) is 11.7. The standard InChI is InChI=1S/C22H19FN2O5/c1-15(21(28)17-7-9-18(23)10-8-17)30-20(27)14-25-19(26)11-12-24(22(25)29)13-16-5-3-2-4-6-16/h2-12,15H,13-14H2,1H3/t15-/m1/s1. The molecule has 0 radical (unpaired) electrons. The van der Waals surface area contributed by atoms with Crippen molar-refractivity contribution in [2.45, 2.75) is 26.1 Å². The molecule has 1 heterocycles. The van der Waals surface area contributed by atoms with E-state index >= 15 is 0 Å². The Labute approximate surface area is 171 Å². The number of benzene rings is 2. The van der Waals surface area contributed by atoms with Gasteiger partial charge in [0.1, 0.15) is 12.4 Å². The molecule has 1 atom stereocenters. The molecule has 1 aromatic heterocycles. The van der Waals surface area contributed by atoms with E-state index in [1.807, 2.05) is 30.3 Å². The van der Waals surface area contributed by atoms with Crippen molar-refractivity contribution < 1.29 is 18.7 Å². The summed E-state index contributed by atoms with van der Waals surface area (Å²) >= 11 is 0. The summed E-state index contributed by atoms with van der Waals surface area (Å²) in [5.41, 5.74) is -0.288. The summed E-state index contributed by atoms with van der Waals surface area (Å²) < 4.78 is 20.1. The first-order valence-corrected chi connectivity index (χ1v) is 9.18. The predicted octanol–water partition coefficient (Wildman–Crippen LogP) is 2.01. The third kappa shape index (κ3) is 4.96. The van der Waals surface area contributed by atoms with Crippen LogP contribution in [0.3, 0.4) is 0 Å². The molecule has 0 saturated carbocycles. The van der Waals surface area contributed by atoms with Gasteiger partial charge in [-0.25, -0.2) is 13.8 Å². The van der Waals surface area contributed by atoms with Gasteiger partial charge in [0.05, 0.1) is 6.54 Å². The lowest BCUT2D eigenvalue weighted by Crippen LogP contribution is -2.41. The molecule has 3 aromatic rings. The van der Waals surface area contributed by atoms with Gasteiger partial charge in [-0.15, -0.1) is 0 Å². The molecule has 0 fully saturated rings. The van der Waals surface area contributed by atoms with E-state index in [0.29, 0.717) is 0 Å². The summed E-state index contributed by atoms with van der Waals surface area (Å²) in [6, 6.07) is 15.2. The molecule has 0 amide bonds. The quantitative estimate of drug-likeness (QED) is 0.439. The van der Waals surface area contributed by atoms with E-state index in [1.165, 1.54) is 35.9 Å². The van der Waals surface area contributed by atoms with Crippen molar-refractivity contribution in [1.82, 2.24) is 9.13 Å². The Hall–Kier alpha value is -3.81. The van der Waals surface area contributed by atoms with Gasteiger partial charge < -0.3 is 4.74 Å². The van der Waals surface area contributed by atoms with Crippen molar-refractivity contribution in [3.05, 3.63) is 105 Å². The highest BCUT2D eigenvalue weighted by molar-refractivity contribution is 6.00. The molecule has 7 nitrogen and oxygen atoms in total. The van der Waals surface area contributed by atoms with Crippen molar-refractivity contribution >= 4 is 11.8 Å². The van der Waals surface area contributed by atoms with Crippen molar-refractivity contribution in [2.75, 3.05) is 0 Å². The molecule has 0 aliphatic rings. The minimum Gasteiger partial charge on any atom is -0.453 e. The first kappa shape index (κ1) is 20.9. The lowest BCUT2D eigenvalue weighted by atomic mass is 10.1. The third-order valence-corrected chi connectivity index (χ3v) is 4.43. The number of hydrogen-bond donors (Lipinski definition) is 0. The fourth-order valence-corrected chi connectivity index (χ4v) is 2.87. The van der Waals surface area contributed by atoms with Crippen LogP contribution in [0.15, 0.2) is 76.4 Å². The molecule has 0 spiro atoms. The molecule has 154 valence electrons. The van der Waals surface area contributed by atoms with Crippen molar-refractivity contribution in [2.24, 2.45) is 0 Å². The van der Waals surface area contributed by atoms with Crippen molar-refractivity contribution in [3.63, 3.8) is 0 Å². The molecule has 0 aliphatic carbocycles. The zero-order valence-corrected chi connectivity index (χ0v) is 16.2. The van der Waals surface area contributed by atoms with Gasteiger partial charge in [0.25, 0.3) is 5.56 Å². The summed E-state index contributed by atoms with van der Waals surface area (Å²) in [5.74, 6) is -1.92. The molecule has 0 saturated heterocycles. The second-order valence-corrected chi connectivity index (χ2v) is 6.64. The van der Waals surface area contributed by atoms with Gasteiger partial charge in [0, 0.05) is 17.8 Å². The maximum absolute atomic E-state index is 13.0. The topological polar surface area (TPSA) is 87.4 Å². The molecule has 2 aromatic carbocycles. The Bertz CT molecular complexity index is 1170. The summed E-state index contributed by atoms with van der Waals surface area (Å²) in [7, 11) is 0. The van der Waals surface area contributed by atoms with E-state index < -0.39 is 41.5 Å². The summed E-state index contributed by atoms with van der Waals surface area (Å²) in [6.07, 6.45) is 0.203. The van der Waals surface area contributed by atoms with Crippen LogP contribution in [-0.4, -0.2) is 27.0 Å². The van der Waals surface area contributed by atoms with Gasteiger partial charge in [-0.1, -0.05) is 30.3 Å². The van der Waals surface area contributed by atoms with Crippen LogP contribution >= 0.6 is 0 Å². The van der Waals surface area contributed by atoms with Crippen LogP contribution in [0.5, 0.6) is 0 Å². The lowest BCUT2D eigenvalue weighted by molar-refractivity contribution is -0.147. The van der Waals surface area contributed by atoms with Crippen LogP contribution in [0, 0.1) is 5.82 Å². The van der Waals surface area contributed by atoms with E-state index in [1.54, 1.807) is 0 Å². The Morgan fingerprint density at radius 1 is 1.00 bits per heavy atom. The third-order valence-electron chi connectivity index (χ3n) is 4.43. The number of hydrogen-bond acceptors (Lipinski definition) is 5. The molecule has 8 heteroatoms. The van der Waals surface area contributed by atoms with E-state index in [2.05, 4.69) is 0 Å². The maximum atomic E-state index is 13.0. The Morgan fingerprint density at radius 2 is 1.67 bits per heavy atom. The molecule has 30 heavy (non-hydrogen) atoms. The molecule has 0 unspecified atom stereocenters. The molecule has 0 N–H and O–H groups in total. The number of ketones is 1. The zero-order valence-electron chi connectivity index (χ0n) is 16.2. The number of aromatic nitrogens is 2. The van der Waals surface area contributed by atoms with Crippen LogP contribution in [0.2, 0.25) is 0 Å². The minimum atomic E-state index is -1.16. The predicted molar refractivity (Wildman–Crippen MR) is 107 cm³/mol. The van der Waals surface area contributed by atoms with E-state index in [4.69, 9.17) is 4.74 Å². The van der Waals surface area contributed by atoms with Crippen LogP contribution in [0.4, 0.5) is 4.39 Å². The summed E-state index contributed by atoms with van der Waals surface area (Å²) in [6.45, 7) is 0.966. The van der Waals surface area contributed by atoms with Gasteiger partial charge >= 0.3 is 11.7 Å². The molecule has 3 rings (SSSR count). The fraction of sp³-hybridized carbons (Fsp3) is 0.182. The van der Waals surface area contributed by atoms with Crippen LogP contribution in [0.25, 0.3) is 0 Å². The number of ether oxygens (including phenoxy) is 1. The number of carbonyl (C=O) groups is 2. The zero-order chi connectivity index (χ0) is 21.7. The Balaban J connectivity index is 1.72. The van der Waals surface area contributed by atoms with Crippen LogP contribution in [0.1, 0.15) is 22.8 Å². The second-order valence-electron chi connectivity index (χ2n) is 6.64. The highest BCUT2D eigenvalue weighted by Gasteiger charge is 2.21. The number of esters is 1. The van der Waals surface area contributed by atoms with Gasteiger partial charge in [-0.05, 0) is 36.8 Å². The fourth-order valence-electron chi connectivity index (χ4n) is 2.87.